The molecule has 1 atom stereocenters. The van der Waals surface area contributed by atoms with E-state index in [0.29, 0.717) is 28.5 Å². The molecule has 1 unspecified atom stereocenters. The van der Waals surface area contributed by atoms with E-state index in [1.165, 1.54) is 30.3 Å². The second-order valence-electron chi connectivity index (χ2n) is 4.64. The first-order valence-electron chi connectivity index (χ1n) is 6.09. The summed E-state index contributed by atoms with van der Waals surface area (Å²) in [7, 11) is 0. The minimum absolute atomic E-state index is 0.280. The SMILES string of the molecule is NC(Cc1ccc(F)cc1Cl)Cc1cc(F)ccc1Cl. The van der Waals surface area contributed by atoms with Gasteiger partial charge in [-0.15, -0.1) is 0 Å². The van der Waals surface area contributed by atoms with E-state index in [4.69, 9.17) is 28.9 Å². The summed E-state index contributed by atoms with van der Waals surface area (Å²) < 4.78 is 26.1. The molecule has 106 valence electrons. The number of benzene rings is 2. The van der Waals surface area contributed by atoms with E-state index in [9.17, 15) is 8.78 Å². The molecule has 0 bridgehead atoms. The fourth-order valence-electron chi connectivity index (χ4n) is 2.02. The van der Waals surface area contributed by atoms with E-state index in [2.05, 4.69) is 0 Å². The van der Waals surface area contributed by atoms with Gasteiger partial charge >= 0.3 is 0 Å². The standard InChI is InChI=1S/C15H13Cl2F2N/c16-14-4-3-11(18)5-10(14)7-13(20)6-9-1-2-12(19)8-15(9)17/h1-5,8,13H,6-7,20H2. The molecular formula is C15H13Cl2F2N. The van der Waals surface area contributed by atoms with Crippen molar-refractivity contribution in [2.45, 2.75) is 18.9 Å². The Balaban J connectivity index is 2.08. The first-order valence-corrected chi connectivity index (χ1v) is 6.84. The Labute approximate surface area is 126 Å². The summed E-state index contributed by atoms with van der Waals surface area (Å²) >= 11 is 11.9. The molecule has 0 aliphatic heterocycles. The number of hydrogen-bond acceptors (Lipinski definition) is 1. The molecule has 2 aromatic carbocycles. The normalized spacial score (nSPS) is 12.4. The maximum absolute atomic E-state index is 13.2. The van der Waals surface area contributed by atoms with Crippen molar-refractivity contribution >= 4 is 23.2 Å². The van der Waals surface area contributed by atoms with Crippen molar-refractivity contribution < 1.29 is 8.78 Å². The monoisotopic (exact) mass is 315 g/mol. The van der Waals surface area contributed by atoms with E-state index in [1.54, 1.807) is 6.07 Å². The number of nitrogens with two attached hydrogens (primary N) is 1. The molecule has 0 aromatic heterocycles. The van der Waals surface area contributed by atoms with Crippen LogP contribution in [0.1, 0.15) is 11.1 Å². The van der Waals surface area contributed by atoms with Crippen LogP contribution in [0.15, 0.2) is 36.4 Å². The zero-order valence-corrected chi connectivity index (χ0v) is 12.1. The summed E-state index contributed by atoms with van der Waals surface area (Å²) in [6.45, 7) is 0. The first-order chi connectivity index (χ1) is 9.45. The van der Waals surface area contributed by atoms with E-state index in [1.807, 2.05) is 0 Å². The van der Waals surface area contributed by atoms with Gasteiger partial charge in [0.05, 0.1) is 0 Å². The van der Waals surface area contributed by atoms with Crippen molar-refractivity contribution in [2.75, 3.05) is 0 Å². The fourth-order valence-corrected chi connectivity index (χ4v) is 2.46. The zero-order chi connectivity index (χ0) is 14.7. The number of halogens is 4. The van der Waals surface area contributed by atoms with Gasteiger partial charge in [-0.1, -0.05) is 29.3 Å². The maximum Gasteiger partial charge on any atom is 0.124 e. The van der Waals surface area contributed by atoms with E-state index in [-0.39, 0.29) is 17.7 Å². The van der Waals surface area contributed by atoms with E-state index < -0.39 is 0 Å². The smallest absolute Gasteiger partial charge is 0.124 e. The van der Waals surface area contributed by atoms with Gasteiger partial charge in [-0.2, -0.15) is 0 Å². The molecule has 0 aliphatic rings. The van der Waals surface area contributed by atoms with Crippen LogP contribution in [0.25, 0.3) is 0 Å². The Morgan fingerprint density at radius 3 is 2.15 bits per heavy atom. The summed E-state index contributed by atoms with van der Waals surface area (Å²) in [5.41, 5.74) is 7.44. The first kappa shape index (κ1) is 15.2. The predicted octanol–water partition coefficient (Wildman–Crippen LogP) is 4.38. The Morgan fingerprint density at radius 2 is 1.45 bits per heavy atom. The molecule has 1 nitrogen and oxygen atoms in total. The van der Waals surface area contributed by atoms with Gasteiger partial charge in [0.2, 0.25) is 0 Å². The third-order valence-corrected chi connectivity index (χ3v) is 3.71. The molecule has 5 heteroatoms. The molecule has 2 aromatic rings. The number of hydrogen-bond donors (Lipinski definition) is 1. The highest BCUT2D eigenvalue weighted by molar-refractivity contribution is 6.31. The fraction of sp³-hybridized carbons (Fsp3) is 0.200. The molecule has 0 saturated carbocycles. The maximum atomic E-state index is 13.2. The van der Waals surface area contributed by atoms with Crippen LogP contribution < -0.4 is 5.73 Å². The van der Waals surface area contributed by atoms with Gasteiger partial charge in [-0.05, 0) is 54.3 Å². The average Bonchev–Trinajstić information content (AvgIpc) is 2.37. The molecule has 0 fully saturated rings. The molecule has 0 radical (unpaired) electrons. The molecular weight excluding hydrogens is 303 g/mol. The quantitative estimate of drug-likeness (QED) is 0.890. The Morgan fingerprint density at radius 1 is 0.850 bits per heavy atom. The Bertz CT molecular complexity index is 617. The molecule has 0 spiro atoms. The van der Waals surface area contributed by atoms with Gasteiger partial charge in [0.15, 0.2) is 0 Å². The van der Waals surface area contributed by atoms with Crippen LogP contribution in [0.4, 0.5) is 8.78 Å². The highest BCUT2D eigenvalue weighted by Gasteiger charge is 2.11. The highest BCUT2D eigenvalue weighted by Crippen LogP contribution is 2.22. The van der Waals surface area contributed by atoms with E-state index >= 15 is 0 Å². The second-order valence-corrected chi connectivity index (χ2v) is 5.45. The van der Waals surface area contributed by atoms with Crippen molar-refractivity contribution in [3.05, 3.63) is 69.2 Å². The van der Waals surface area contributed by atoms with Gasteiger partial charge in [0.1, 0.15) is 11.6 Å². The Hall–Kier alpha value is -1.16. The van der Waals surface area contributed by atoms with Crippen LogP contribution in [-0.2, 0) is 12.8 Å². The van der Waals surface area contributed by atoms with Crippen molar-refractivity contribution in [3.63, 3.8) is 0 Å². The minimum Gasteiger partial charge on any atom is -0.327 e. The van der Waals surface area contributed by atoms with Gasteiger partial charge in [-0.25, -0.2) is 8.78 Å². The lowest BCUT2D eigenvalue weighted by molar-refractivity contribution is 0.615. The zero-order valence-electron chi connectivity index (χ0n) is 10.5. The predicted molar refractivity (Wildman–Crippen MR) is 78.2 cm³/mol. The van der Waals surface area contributed by atoms with Crippen LogP contribution in [-0.4, -0.2) is 6.04 Å². The summed E-state index contributed by atoms with van der Waals surface area (Å²) in [6, 6.07) is 8.08. The van der Waals surface area contributed by atoms with Gasteiger partial charge in [0.25, 0.3) is 0 Å². The van der Waals surface area contributed by atoms with Crippen molar-refractivity contribution in [2.24, 2.45) is 5.73 Å². The third kappa shape index (κ3) is 3.92. The summed E-state index contributed by atoms with van der Waals surface area (Å²) in [5.74, 6) is -0.739. The summed E-state index contributed by atoms with van der Waals surface area (Å²) in [5, 5.41) is 0.817. The van der Waals surface area contributed by atoms with E-state index in [0.717, 1.165) is 5.56 Å². The third-order valence-electron chi connectivity index (χ3n) is 2.99. The van der Waals surface area contributed by atoms with Gasteiger partial charge in [-0.3, -0.25) is 0 Å². The van der Waals surface area contributed by atoms with Crippen LogP contribution >= 0.6 is 23.2 Å². The largest absolute Gasteiger partial charge is 0.327 e. The Kier molecular flexibility index (Phi) is 4.97. The lowest BCUT2D eigenvalue weighted by Gasteiger charge is -2.14. The lowest BCUT2D eigenvalue weighted by Crippen LogP contribution is -2.25. The van der Waals surface area contributed by atoms with Gasteiger partial charge < -0.3 is 5.73 Å². The molecule has 2 N–H and O–H groups in total. The topological polar surface area (TPSA) is 26.0 Å². The molecule has 0 saturated heterocycles. The molecule has 2 rings (SSSR count). The molecule has 20 heavy (non-hydrogen) atoms. The van der Waals surface area contributed by atoms with Crippen molar-refractivity contribution in [1.82, 2.24) is 0 Å². The summed E-state index contributed by atoms with van der Waals surface area (Å²) in [4.78, 5) is 0. The molecule has 0 heterocycles. The summed E-state index contributed by atoms with van der Waals surface area (Å²) in [6.07, 6.45) is 0.885. The number of rotatable bonds is 4. The molecule has 0 aliphatic carbocycles. The lowest BCUT2D eigenvalue weighted by atomic mass is 9.99. The van der Waals surface area contributed by atoms with Crippen LogP contribution in [0, 0.1) is 11.6 Å². The van der Waals surface area contributed by atoms with Crippen LogP contribution in [0.5, 0.6) is 0 Å². The van der Waals surface area contributed by atoms with Crippen LogP contribution in [0.3, 0.4) is 0 Å². The molecule has 0 amide bonds. The minimum atomic E-state index is -0.388. The van der Waals surface area contributed by atoms with Crippen molar-refractivity contribution in [1.29, 1.82) is 0 Å². The van der Waals surface area contributed by atoms with Crippen LogP contribution in [0.2, 0.25) is 10.0 Å². The van der Waals surface area contributed by atoms with Gasteiger partial charge in [0, 0.05) is 16.1 Å². The highest BCUT2D eigenvalue weighted by atomic mass is 35.5. The average molecular weight is 316 g/mol. The second kappa shape index (κ2) is 6.53. The van der Waals surface area contributed by atoms with Crippen molar-refractivity contribution in [3.8, 4) is 0 Å².